The fourth-order valence-electron chi connectivity index (χ4n) is 2.67. The summed E-state index contributed by atoms with van der Waals surface area (Å²) in [4.78, 5) is 0. The zero-order valence-corrected chi connectivity index (χ0v) is 14.8. The van der Waals surface area contributed by atoms with Crippen LogP contribution in [0.3, 0.4) is 0 Å². The Bertz CT molecular complexity index is 741. The molecule has 3 rings (SSSR count). The number of hydrogen-bond acceptors (Lipinski definition) is 0. The number of benzene rings is 2. The van der Waals surface area contributed by atoms with E-state index in [2.05, 4.69) is 55.0 Å². The number of halogens is 6. The summed E-state index contributed by atoms with van der Waals surface area (Å²) in [5.74, 6) is 1.22. The first-order valence-electron chi connectivity index (χ1n) is 7.00. The van der Waals surface area contributed by atoms with Crippen LogP contribution in [0.5, 0.6) is 0 Å². The number of rotatable bonds is 2. The molecule has 0 N–H and O–H groups in total. The van der Waals surface area contributed by atoms with E-state index in [1.54, 1.807) is 11.1 Å². The summed E-state index contributed by atoms with van der Waals surface area (Å²) in [6.07, 6.45) is 5.77. The summed E-state index contributed by atoms with van der Waals surface area (Å²) >= 11 is 0. The third kappa shape index (κ3) is 6.36. The molecule has 0 spiro atoms. The Morgan fingerprint density at radius 3 is 1.96 bits per heavy atom. The van der Waals surface area contributed by atoms with Gasteiger partial charge in [0.25, 0.3) is 0 Å². The summed E-state index contributed by atoms with van der Waals surface area (Å²) in [7, 11) is -10.2. The quantitative estimate of drug-likeness (QED) is 0.252. The Labute approximate surface area is 139 Å². The molecule has 0 bridgehead atoms. The Morgan fingerprint density at radius 1 is 0.833 bits per heavy atom. The van der Waals surface area contributed by atoms with E-state index in [9.17, 15) is 25.2 Å². The minimum absolute atomic E-state index is 0.476. The van der Waals surface area contributed by atoms with Gasteiger partial charge in [-0.25, -0.2) is 0 Å². The number of hydrogen-bond donors (Lipinski definition) is 0. The third-order valence-electron chi connectivity index (χ3n) is 3.39. The van der Waals surface area contributed by atoms with Gasteiger partial charge in [0.2, 0.25) is 0 Å². The third-order valence-corrected chi connectivity index (χ3v) is 4.28. The second-order valence-electron chi connectivity index (χ2n) is 5.87. The van der Waals surface area contributed by atoms with E-state index in [1.807, 2.05) is 0 Å². The van der Waals surface area contributed by atoms with Crippen molar-refractivity contribution in [1.29, 1.82) is 0 Å². The van der Waals surface area contributed by atoms with Crippen LogP contribution in [0.15, 0.2) is 42.5 Å². The fraction of sp³-hybridized carbons (Fsp3) is 0.250. The van der Waals surface area contributed by atoms with Crippen LogP contribution in [0.4, 0.5) is 25.2 Å². The molecule has 0 nitrogen and oxygen atoms in total. The van der Waals surface area contributed by atoms with Crippen LogP contribution in [0, 0.1) is 0 Å². The van der Waals surface area contributed by atoms with E-state index in [0.29, 0.717) is 10.9 Å². The average molecular weight is 386 g/mol. The molecule has 0 fully saturated rings. The predicted octanol–water partition coefficient (Wildman–Crippen LogP) is 7.02. The Balaban J connectivity index is 0.000000256. The molecule has 0 saturated heterocycles. The van der Waals surface area contributed by atoms with Gasteiger partial charge in [-0.05, 0) is 39.6 Å². The maximum atomic E-state index is 9.87. The van der Waals surface area contributed by atoms with Crippen LogP contribution in [0.1, 0.15) is 16.7 Å². The Morgan fingerprint density at radius 2 is 1.38 bits per heavy atom. The second kappa shape index (κ2) is 5.67. The Hall–Kier alpha value is -1.20. The molecule has 0 unspecified atom stereocenters. The minimum atomic E-state index is -10.7. The van der Waals surface area contributed by atoms with Gasteiger partial charge in [-0.2, -0.15) is 0 Å². The van der Waals surface area contributed by atoms with Crippen LogP contribution in [0.25, 0.3) is 11.1 Å². The molecule has 0 aliphatic heterocycles. The van der Waals surface area contributed by atoms with Crippen molar-refractivity contribution < 1.29 is 25.2 Å². The summed E-state index contributed by atoms with van der Waals surface area (Å²) in [5, 5.41) is 0. The van der Waals surface area contributed by atoms with Crippen molar-refractivity contribution in [2.45, 2.75) is 12.2 Å². The van der Waals surface area contributed by atoms with E-state index in [1.165, 1.54) is 22.4 Å². The molecule has 0 atom stereocenters. The van der Waals surface area contributed by atoms with Crippen LogP contribution >= 0.6 is 7.81 Å². The van der Waals surface area contributed by atoms with Gasteiger partial charge in [-0.3, -0.25) is 0 Å². The van der Waals surface area contributed by atoms with Gasteiger partial charge >= 0.3 is 33.0 Å². The molecule has 134 valence electrons. The second-order valence-corrected chi connectivity index (χ2v) is 10.0. The molecule has 0 heterocycles. The molecule has 2 aromatic carbocycles. The molecule has 24 heavy (non-hydrogen) atoms. The maximum absolute atomic E-state index is 10.7. The summed E-state index contributed by atoms with van der Waals surface area (Å²) < 4.78 is 59.2. The van der Waals surface area contributed by atoms with Crippen molar-refractivity contribution >= 4 is 18.7 Å². The van der Waals surface area contributed by atoms with Gasteiger partial charge in [-0.15, -0.1) is 0 Å². The molecular weight excluding hydrogens is 369 g/mol. The van der Waals surface area contributed by atoms with Gasteiger partial charge in [0.15, 0.2) is 0 Å². The van der Waals surface area contributed by atoms with Gasteiger partial charge in [0.05, 0.1) is 12.5 Å². The molecular formula is C16H17F6PS. The standard InChI is InChI=1S/C16H17S.F6P/c1-17(2)11-13-7-5-9-15-14-8-4-3-6-12(14)10-16(13)15;1-7(2,3,4,5)6/h3-9H,10-11H2,1-2H3;/q+1;-1. The summed E-state index contributed by atoms with van der Waals surface area (Å²) in [6.45, 7) is 0. The normalized spacial score (nSPS) is 15.7. The zero-order chi connectivity index (χ0) is 18.2. The molecule has 0 aromatic heterocycles. The molecule has 0 saturated carbocycles. The molecule has 0 amide bonds. The van der Waals surface area contributed by atoms with Gasteiger partial charge in [0.1, 0.15) is 5.75 Å². The summed E-state index contributed by atoms with van der Waals surface area (Å²) in [5.41, 5.74) is 7.50. The van der Waals surface area contributed by atoms with Crippen molar-refractivity contribution in [1.82, 2.24) is 0 Å². The van der Waals surface area contributed by atoms with Gasteiger partial charge in [0, 0.05) is 5.56 Å². The van der Waals surface area contributed by atoms with E-state index in [0.717, 1.165) is 6.42 Å². The monoisotopic (exact) mass is 386 g/mol. The first kappa shape index (κ1) is 19.1. The first-order valence-corrected chi connectivity index (χ1v) is 11.2. The van der Waals surface area contributed by atoms with E-state index >= 15 is 0 Å². The molecule has 1 aliphatic carbocycles. The topological polar surface area (TPSA) is 0 Å². The first-order chi connectivity index (χ1) is 10.7. The predicted molar refractivity (Wildman–Crippen MR) is 91.2 cm³/mol. The molecule has 8 heteroatoms. The van der Waals surface area contributed by atoms with Crippen LogP contribution in [-0.4, -0.2) is 12.5 Å². The SMILES string of the molecule is C[S+](C)Cc1cccc2c1Cc1ccccc1-2.F[P-](F)(F)(F)(F)F. The zero-order valence-electron chi connectivity index (χ0n) is 13.1. The van der Waals surface area contributed by atoms with Crippen LogP contribution < -0.4 is 0 Å². The molecule has 0 radical (unpaired) electrons. The van der Waals surface area contributed by atoms with Crippen molar-refractivity contribution in [2.24, 2.45) is 0 Å². The van der Waals surface area contributed by atoms with Crippen LogP contribution in [-0.2, 0) is 23.1 Å². The van der Waals surface area contributed by atoms with E-state index < -0.39 is 7.81 Å². The van der Waals surface area contributed by atoms with Gasteiger partial charge < -0.3 is 0 Å². The van der Waals surface area contributed by atoms with Crippen molar-refractivity contribution in [3.05, 3.63) is 59.2 Å². The van der Waals surface area contributed by atoms with Crippen LogP contribution in [0.2, 0.25) is 0 Å². The van der Waals surface area contributed by atoms with E-state index in [4.69, 9.17) is 0 Å². The van der Waals surface area contributed by atoms with Crippen molar-refractivity contribution in [2.75, 3.05) is 12.5 Å². The van der Waals surface area contributed by atoms with Gasteiger partial charge in [-0.1, -0.05) is 42.5 Å². The van der Waals surface area contributed by atoms with Crippen molar-refractivity contribution in [3.8, 4) is 11.1 Å². The number of fused-ring (bicyclic) bond motifs is 3. The average Bonchev–Trinajstić information content (AvgIpc) is 2.74. The Kier molecular flexibility index (Phi) is 4.52. The fourth-order valence-corrected chi connectivity index (χ4v) is 3.56. The van der Waals surface area contributed by atoms with Crippen molar-refractivity contribution in [3.63, 3.8) is 0 Å². The molecule has 2 aromatic rings. The molecule has 1 aliphatic rings. The summed E-state index contributed by atoms with van der Waals surface area (Å²) in [6, 6.07) is 15.6. The van der Waals surface area contributed by atoms with E-state index in [-0.39, 0.29) is 0 Å².